The van der Waals surface area contributed by atoms with Gasteiger partial charge in [0.15, 0.2) is 0 Å². The van der Waals surface area contributed by atoms with Gasteiger partial charge in [-0.05, 0) is 0 Å². The van der Waals surface area contributed by atoms with Crippen LogP contribution in [0.1, 0.15) is 47.9 Å². The van der Waals surface area contributed by atoms with Crippen molar-refractivity contribution in [3.05, 3.63) is 58.7 Å². The Bertz CT molecular complexity index is 402. The molecule has 0 bridgehead atoms. The van der Waals surface area contributed by atoms with Crippen molar-refractivity contribution < 1.29 is 19.5 Å². The molecule has 0 amide bonds. The zero-order chi connectivity index (χ0) is 12.2. The van der Waals surface area contributed by atoms with E-state index < -0.39 is 0 Å². The van der Waals surface area contributed by atoms with Gasteiger partial charge in [0.05, 0.1) is 0 Å². The standard InChI is InChI=1S/2C9H11.Ru/c2*1-2-5-9-7-3-6-8(9)4-1;/h2*3,6-7H,1-2,4-5H2;/q-5;-1;. The molecule has 1 heteroatoms. The third kappa shape index (κ3) is 3.66. The molecule has 2 aromatic rings. The molecule has 4 rings (SSSR count). The van der Waals surface area contributed by atoms with Crippen LogP contribution >= 0.6 is 0 Å². The Morgan fingerprint density at radius 3 is 2.26 bits per heavy atom. The van der Waals surface area contributed by atoms with Crippen LogP contribution in [-0.4, -0.2) is 0 Å². The smallest absolute Gasteiger partial charge is 0 e. The molecular weight excluding hydrogens is 317 g/mol. The van der Waals surface area contributed by atoms with E-state index in [-0.39, 0.29) is 19.5 Å². The van der Waals surface area contributed by atoms with Crippen molar-refractivity contribution in [1.82, 2.24) is 0 Å². The fourth-order valence-electron chi connectivity index (χ4n) is 3.23. The van der Waals surface area contributed by atoms with E-state index in [1.54, 1.807) is 22.3 Å². The number of rotatable bonds is 0. The monoisotopic (exact) mass is 340 g/mol. The molecular formula is C18H22Ru-6. The van der Waals surface area contributed by atoms with Crippen LogP contribution in [0.2, 0.25) is 0 Å². The van der Waals surface area contributed by atoms with Gasteiger partial charge < -0.3 is 29.3 Å². The summed E-state index contributed by atoms with van der Waals surface area (Å²) >= 11 is 0. The Morgan fingerprint density at radius 1 is 0.895 bits per heavy atom. The van der Waals surface area contributed by atoms with Crippen molar-refractivity contribution in [2.75, 3.05) is 0 Å². The minimum absolute atomic E-state index is 0. The molecule has 19 heavy (non-hydrogen) atoms. The Kier molecular flexibility index (Phi) is 5.58. The molecule has 2 aliphatic carbocycles. The summed E-state index contributed by atoms with van der Waals surface area (Å²) in [5, 5.41) is 0. The third-order valence-electron chi connectivity index (χ3n) is 4.30. The van der Waals surface area contributed by atoms with Gasteiger partial charge in [0.1, 0.15) is 0 Å². The SMILES string of the molecule is [Ru].[cH-]1[cH-][c-]2[c-]([cH-]1)CCCC2.c1cc2[c-](c1)CCCC2. The zero-order valence-electron chi connectivity index (χ0n) is 11.5. The second-order valence-electron chi connectivity index (χ2n) is 5.57. The quantitative estimate of drug-likeness (QED) is 0.487. The summed E-state index contributed by atoms with van der Waals surface area (Å²) in [5.74, 6) is 0. The van der Waals surface area contributed by atoms with E-state index in [0.717, 1.165) is 0 Å². The summed E-state index contributed by atoms with van der Waals surface area (Å²) in [6.45, 7) is 0. The Balaban J connectivity index is 0.000000133. The molecule has 0 unspecified atom stereocenters. The van der Waals surface area contributed by atoms with Crippen LogP contribution in [0.3, 0.4) is 0 Å². The first-order chi connectivity index (χ1) is 8.93. The molecule has 0 aromatic heterocycles. The van der Waals surface area contributed by atoms with Gasteiger partial charge in [-0.15, -0.1) is 0 Å². The minimum atomic E-state index is 0. The predicted octanol–water partition coefficient (Wildman–Crippen LogP) is 4.57. The maximum atomic E-state index is 2.26. The molecule has 2 aromatic carbocycles. The van der Waals surface area contributed by atoms with Crippen molar-refractivity contribution in [2.45, 2.75) is 51.4 Å². The summed E-state index contributed by atoms with van der Waals surface area (Å²) in [6.07, 6.45) is 10.9. The summed E-state index contributed by atoms with van der Waals surface area (Å²) in [5.41, 5.74) is 6.39. The third-order valence-corrected chi connectivity index (χ3v) is 4.30. The van der Waals surface area contributed by atoms with E-state index in [9.17, 15) is 0 Å². The molecule has 0 radical (unpaired) electrons. The molecule has 0 aliphatic heterocycles. The molecule has 0 saturated heterocycles. The van der Waals surface area contributed by atoms with Crippen molar-refractivity contribution in [3.8, 4) is 0 Å². The number of aryl methyl sites for hydroxylation is 4. The van der Waals surface area contributed by atoms with Crippen LogP contribution in [0, 0.1) is 0 Å². The average Bonchev–Trinajstić information content (AvgIpc) is 3.08. The topological polar surface area (TPSA) is 0 Å². The summed E-state index contributed by atoms with van der Waals surface area (Å²) < 4.78 is 0. The number of hydrogen-bond donors (Lipinski definition) is 0. The molecule has 0 nitrogen and oxygen atoms in total. The Hall–Kier alpha value is -0.677. The zero-order valence-corrected chi connectivity index (χ0v) is 13.2. The summed E-state index contributed by atoms with van der Waals surface area (Å²) in [7, 11) is 0. The van der Waals surface area contributed by atoms with Crippen LogP contribution in [0.5, 0.6) is 0 Å². The first kappa shape index (κ1) is 14.7. The first-order valence-corrected chi connectivity index (χ1v) is 7.40. The minimum Gasteiger partial charge on any atom is -0.747 e. The van der Waals surface area contributed by atoms with E-state index in [1.165, 1.54) is 51.4 Å². The maximum absolute atomic E-state index is 2.26. The maximum Gasteiger partial charge on any atom is 0 e. The van der Waals surface area contributed by atoms with Crippen molar-refractivity contribution in [1.29, 1.82) is 0 Å². The van der Waals surface area contributed by atoms with Gasteiger partial charge in [-0.2, -0.15) is 17.2 Å². The van der Waals surface area contributed by atoms with Crippen molar-refractivity contribution in [2.24, 2.45) is 0 Å². The van der Waals surface area contributed by atoms with E-state index >= 15 is 0 Å². The first-order valence-electron chi connectivity index (χ1n) is 7.40. The molecule has 108 valence electrons. The molecule has 0 fully saturated rings. The van der Waals surface area contributed by atoms with E-state index in [4.69, 9.17) is 0 Å². The van der Waals surface area contributed by atoms with E-state index in [1.807, 2.05) is 0 Å². The average molecular weight is 339 g/mol. The molecule has 0 saturated carbocycles. The van der Waals surface area contributed by atoms with Crippen LogP contribution in [0.25, 0.3) is 0 Å². The van der Waals surface area contributed by atoms with E-state index in [2.05, 4.69) is 36.4 Å². The molecule has 0 heterocycles. The Morgan fingerprint density at radius 2 is 1.58 bits per heavy atom. The van der Waals surface area contributed by atoms with Crippen molar-refractivity contribution in [3.63, 3.8) is 0 Å². The van der Waals surface area contributed by atoms with Crippen LogP contribution in [-0.2, 0) is 45.2 Å². The normalized spacial score (nSPS) is 16.4. The summed E-state index contributed by atoms with van der Waals surface area (Å²) in [4.78, 5) is 0. The second kappa shape index (κ2) is 7.20. The number of fused-ring (bicyclic) bond motifs is 2. The van der Waals surface area contributed by atoms with Crippen LogP contribution in [0.15, 0.2) is 36.4 Å². The van der Waals surface area contributed by atoms with Gasteiger partial charge >= 0.3 is 0 Å². The largest absolute Gasteiger partial charge is 0.747 e. The van der Waals surface area contributed by atoms with Gasteiger partial charge in [0.25, 0.3) is 0 Å². The number of hydrogen-bond acceptors (Lipinski definition) is 0. The molecule has 0 N–H and O–H groups in total. The van der Waals surface area contributed by atoms with Crippen LogP contribution in [0.4, 0.5) is 0 Å². The van der Waals surface area contributed by atoms with Crippen molar-refractivity contribution >= 4 is 0 Å². The Labute approximate surface area is 129 Å². The predicted molar refractivity (Wildman–Crippen MR) is 77.4 cm³/mol. The van der Waals surface area contributed by atoms with Gasteiger partial charge in [-0.25, -0.2) is 25.0 Å². The summed E-state index contributed by atoms with van der Waals surface area (Å²) in [6, 6.07) is 13.4. The second-order valence-corrected chi connectivity index (χ2v) is 5.57. The van der Waals surface area contributed by atoms with Gasteiger partial charge in [0, 0.05) is 19.5 Å². The fraction of sp³-hybridized carbons (Fsp3) is 0.444. The molecule has 0 spiro atoms. The molecule has 2 aliphatic rings. The molecule has 0 atom stereocenters. The van der Waals surface area contributed by atoms with E-state index in [0.29, 0.717) is 0 Å². The van der Waals surface area contributed by atoms with Gasteiger partial charge in [-0.3, -0.25) is 0 Å². The fourth-order valence-corrected chi connectivity index (χ4v) is 3.23. The van der Waals surface area contributed by atoms with Gasteiger partial charge in [0.2, 0.25) is 0 Å². The van der Waals surface area contributed by atoms with Crippen LogP contribution < -0.4 is 0 Å². The van der Waals surface area contributed by atoms with Gasteiger partial charge in [-0.1, -0.05) is 38.5 Å².